The standard InChI is InChI=1S/C22H23ClFNO/c23-18-7-3-17(4-8-18)22(11-1-2-12-22)20(26)25-15-21(13-14-21)16-5-9-19(24)10-6-16/h3-10H,1-2,11-15H2,(H,25,26). The molecule has 0 saturated heterocycles. The minimum atomic E-state index is -0.441. The lowest BCUT2D eigenvalue weighted by atomic mass is 9.78. The SMILES string of the molecule is O=C(NCC1(c2ccc(F)cc2)CC1)C1(c2ccc(Cl)cc2)CCCC1. The number of hydrogen-bond acceptors (Lipinski definition) is 1. The van der Waals surface area contributed by atoms with Crippen molar-refractivity contribution in [1.29, 1.82) is 0 Å². The predicted molar refractivity (Wildman–Crippen MR) is 102 cm³/mol. The van der Waals surface area contributed by atoms with E-state index in [2.05, 4.69) is 5.32 Å². The molecule has 0 radical (unpaired) electrons. The molecule has 4 rings (SSSR count). The minimum absolute atomic E-state index is 0.0247. The van der Waals surface area contributed by atoms with Crippen LogP contribution in [0.4, 0.5) is 4.39 Å². The molecule has 2 aromatic carbocycles. The summed E-state index contributed by atoms with van der Waals surface area (Å²) in [7, 11) is 0. The Morgan fingerprint density at radius 3 is 2.08 bits per heavy atom. The summed E-state index contributed by atoms with van der Waals surface area (Å²) in [4.78, 5) is 13.2. The van der Waals surface area contributed by atoms with Gasteiger partial charge in [-0.2, -0.15) is 0 Å². The van der Waals surface area contributed by atoms with E-state index in [9.17, 15) is 9.18 Å². The Kier molecular flexibility index (Phi) is 4.52. The quantitative estimate of drug-likeness (QED) is 0.774. The van der Waals surface area contributed by atoms with E-state index in [0.29, 0.717) is 11.6 Å². The molecule has 1 amide bonds. The lowest BCUT2D eigenvalue weighted by molar-refractivity contribution is -0.126. The molecule has 2 fully saturated rings. The number of rotatable bonds is 5. The summed E-state index contributed by atoms with van der Waals surface area (Å²) in [6.07, 6.45) is 5.96. The van der Waals surface area contributed by atoms with Crippen molar-refractivity contribution in [2.45, 2.75) is 49.4 Å². The molecule has 2 saturated carbocycles. The Bertz CT molecular complexity index is 790. The third kappa shape index (κ3) is 3.14. The van der Waals surface area contributed by atoms with Gasteiger partial charge in [-0.05, 0) is 61.1 Å². The normalized spacial score (nSPS) is 19.9. The van der Waals surface area contributed by atoms with E-state index in [0.717, 1.165) is 49.7 Å². The Balaban J connectivity index is 1.51. The summed E-state index contributed by atoms with van der Waals surface area (Å²) in [5.74, 6) is -0.105. The molecule has 0 atom stereocenters. The van der Waals surface area contributed by atoms with Crippen LogP contribution in [0, 0.1) is 5.82 Å². The van der Waals surface area contributed by atoms with Crippen LogP contribution in [0.1, 0.15) is 49.7 Å². The number of benzene rings is 2. The van der Waals surface area contributed by atoms with Gasteiger partial charge in [0.1, 0.15) is 5.82 Å². The van der Waals surface area contributed by atoms with Crippen LogP contribution in [0.3, 0.4) is 0 Å². The van der Waals surface area contributed by atoms with E-state index in [-0.39, 0.29) is 17.1 Å². The van der Waals surface area contributed by atoms with Crippen LogP contribution < -0.4 is 5.32 Å². The van der Waals surface area contributed by atoms with E-state index >= 15 is 0 Å². The zero-order valence-electron chi connectivity index (χ0n) is 14.7. The van der Waals surface area contributed by atoms with Gasteiger partial charge in [0.25, 0.3) is 0 Å². The topological polar surface area (TPSA) is 29.1 Å². The molecule has 4 heteroatoms. The van der Waals surface area contributed by atoms with Crippen molar-refractivity contribution in [3.63, 3.8) is 0 Å². The third-order valence-corrected chi connectivity index (χ3v) is 6.44. The minimum Gasteiger partial charge on any atom is -0.354 e. The summed E-state index contributed by atoms with van der Waals surface area (Å²) in [5, 5.41) is 3.92. The number of nitrogens with one attached hydrogen (secondary N) is 1. The fourth-order valence-electron chi connectivity index (χ4n) is 4.33. The van der Waals surface area contributed by atoms with Crippen molar-refractivity contribution < 1.29 is 9.18 Å². The molecule has 26 heavy (non-hydrogen) atoms. The van der Waals surface area contributed by atoms with Gasteiger partial charge >= 0.3 is 0 Å². The summed E-state index contributed by atoms with van der Waals surface area (Å²) in [5.41, 5.74) is 1.71. The Morgan fingerprint density at radius 2 is 1.50 bits per heavy atom. The van der Waals surface area contributed by atoms with Crippen molar-refractivity contribution >= 4 is 17.5 Å². The maximum Gasteiger partial charge on any atom is 0.230 e. The zero-order chi connectivity index (χ0) is 18.2. The molecular weight excluding hydrogens is 349 g/mol. The van der Waals surface area contributed by atoms with Crippen molar-refractivity contribution in [1.82, 2.24) is 5.32 Å². The van der Waals surface area contributed by atoms with Crippen LogP contribution in [0.2, 0.25) is 5.02 Å². The maximum absolute atomic E-state index is 13.2. The van der Waals surface area contributed by atoms with Crippen molar-refractivity contribution in [3.8, 4) is 0 Å². The van der Waals surface area contributed by atoms with Crippen molar-refractivity contribution in [3.05, 3.63) is 70.5 Å². The smallest absolute Gasteiger partial charge is 0.230 e. The van der Waals surface area contributed by atoms with E-state index < -0.39 is 5.41 Å². The first-order valence-corrected chi connectivity index (χ1v) is 9.72. The molecule has 136 valence electrons. The molecule has 2 aliphatic rings. The summed E-state index contributed by atoms with van der Waals surface area (Å²) in [6.45, 7) is 0.618. The van der Waals surface area contributed by atoms with Crippen LogP contribution in [0.25, 0.3) is 0 Å². The van der Waals surface area contributed by atoms with Crippen LogP contribution in [-0.2, 0) is 15.6 Å². The number of carbonyl (C=O) groups excluding carboxylic acids is 1. The maximum atomic E-state index is 13.2. The molecule has 2 aliphatic carbocycles. The van der Waals surface area contributed by atoms with Gasteiger partial charge in [0.2, 0.25) is 5.91 Å². The van der Waals surface area contributed by atoms with Gasteiger partial charge in [-0.25, -0.2) is 4.39 Å². The number of hydrogen-bond donors (Lipinski definition) is 1. The van der Waals surface area contributed by atoms with Crippen molar-refractivity contribution in [2.75, 3.05) is 6.54 Å². The highest BCUT2D eigenvalue weighted by atomic mass is 35.5. The molecular formula is C22H23ClFNO. The Morgan fingerprint density at radius 1 is 0.923 bits per heavy atom. The molecule has 0 unspecified atom stereocenters. The molecule has 2 nitrogen and oxygen atoms in total. The van der Waals surface area contributed by atoms with E-state index in [1.54, 1.807) is 0 Å². The lowest BCUT2D eigenvalue weighted by Gasteiger charge is -2.29. The average Bonchev–Trinajstić information content (AvgIpc) is 3.27. The van der Waals surface area contributed by atoms with Gasteiger partial charge in [0, 0.05) is 17.0 Å². The Labute approximate surface area is 158 Å². The summed E-state index contributed by atoms with van der Waals surface area (Å²) < 4.78 is 13.2. The molecule has 0 bridgehead atoms. The molecule has 0 aromatic heterocycles. The van der Waals surface area contributed by atoms with Crippen LogP contribution in [-0.4, -0.2) is 12.5 Å². The van der Waals surface area contributed by atoms with Crippen LogP contribution >= 0.6 is 11.6 Å². The summed E-state index contributed by atoms with van der Waals surface area (Å²) in [6, 6.07) is 14.4. The fraction of sp³-hybridized carbons (Fsp3) is 0.409. The monoisotopic (exact) mass is 371 g/mol. The van der Waals surface area contributed by atoms with Crippen LogP contribution in [0.5, 0.6) is 0 Å². The first-order chi connectivity index (χ1) is 12.5. The number of amides is 1. The van der Waals surface area contributed by atoms with Crippen molar-refractivity contribution in [2.24, 2.45) is 0 Å². The highest BCUT2D eigenvalue weighted by molar-refractivity contribution is 6.30. The van der Waals surface area contributed by atoms with Gasteiger partial charge < -0.3 is 5.32 Å². The highest BCUT2D eigenvalue weighted by Crippen LogP contribution is 2.48. The molecule has 2 aromatic rings. The first kappa shape index (κ1) is 17.5. The van der Waals surface area contributed by atoms with Gasteiger partial charge in [0.05, 0.1) is 5.41 Å². The molecule has 0 aliphatic heterocycles. The second kappa shape index (κ2) is 6.70. The van der Waals surface area contributed by atoms with E-state index in [1.165, 1.54) is 12.1 Å². The first-order valence-electron chi connectivity index (χ1n) is 9.35. The van der Waals surface area contributed by atoms with Gasteiger partial charge in [-0.3, -0.25) is 4.79 Å². The highest BCUT2D eigenvalue weighted by Gasteiger charge is 2.47. The van der Waals surface area contributed by atoms with Gasteiger partial charge in [-0.1, -0.05) is 48.7 Å². The van der Waals surface area contributed by atoms with E-state index in [1.807, 2.05) is 36.4 Å². The summed E-state index contributed by atoms with van der Waals surface area (Å²) >= 11 is 6.02. The zero-order valence-corrected chi connectivity index (χ0v) is 15.5. The fourth-order valence-corrected chi connectivity index (χ4v) is 4.46. The third-order valence-electron chi connectivity index (χ3n) is 6.19. The lowest BCUT2D eigenvalue weighted by Crippen LogP contribution is -2.45. The number of halogens is 2. The van der Waals surface area contributed by atoms with Gasteiger partial charge in [0.15, 0.2) is 0 Å². The van der Waals surface area contributed by atoms with E-state index in [4.69, 9.17) is 11.6 Å². The van der Waals surface area contributed by atoms with Crippen LogP contribution in [0.15, 0.2) is 48.5 Å². The Hall–Kier alpha value is -1.87. The van der Waals surface area contributed by atoms with Gasteiger partial charge in [-0.15, -0.1) is 0 Å². The molecule has 0 spiro atoms. The second-order valence-electron chi connectivity index (χ2n) is 7.77. The second-order valence-corrected chi connectivity index (χ2v) is 8.20. The largest absolute Gasteiger partial charge is 0.354 e. The predicted octanol–water partition coefficient (Wildman–Crippen LogP) is 5.14. The number of carbonyl (C=O) groups is 1. The molecule has 0 heterocycles. The molecule has 1 N–H and O–H groups in total. The average molecular weight is 372 g/mol.